The third kappa shape index (κ3) is 2.40. The van der Waals surface area contributed by atoms with E-state index in [-0.39, 0.29) is 5.92 Å². The summed E-state index contributed by atoms with van der Waals surface area (Å²) in [4.78, 5) is 10.7. The number of rotatable bonds is 3. The number of aliphatic hydroxyl groups is 1. The van der Waals surface area contributed by atoms with E-state index in [1.165, 1.54) is 7.11 Å². The van der Waals surface area contributed by atoms with Crippen molar-refractivity contribution >= 4 is 5.97 Å². The molecule has 3 atom stereocenters. The number of ether oxygens (including phenoxy) is 1. The minimum atomic E-state index is -0.958. The minimum Gasteiger partial charge on any atom is -0.481 e. The Morgan fingerprint density at radius 1 is 1.62 bits per heavy atom. The van der Waals surface area contributed by atoms with E-state index in [2.05, 4.69) is 5.32 Å². The van der Waals surface area contributed by atoms with Crippen LogP contribution in [0.25, 0.3) is 0 Å². The topological polar surface area (TPSA) is 78.8 Å². The fraction of sp³-hybridized carbons (Fsp3) is 0.875. The number of piperidine rings is 1. The number of carboxylic acid groups (broad SMARTS) is 1. The largest absolute Gasteiger partial charge is 0.481 e. The molecule has 0 saturated carbocycles. The predicted octanol–water partition coefficient (Wildman–Crippen LogP) is -1.09. The second kappa shape index (κ2) is 4.55. The molecule has 0 spiro atoms. The summed E-state index contributed by atoms with van der Waals surface area (Å²) in [5, 5.41) is 21.3. The summed E-state index contributed by atoms with van der Waals surface area (Å²) in [6.45, 7) is 1.33. The van der Waals surface area contributed by atoms with E-state index in [1.54, 1.807) is 0 Å². The highest BCUT2D eigenvalue weighted by Crippen LogP contribution is 2.17. The first-order valence-electron chi connectivity index (χ1n) is 4.27. The van der Waals surface area contributed by atoms with Gasteiger partial charge in [0.1, 0.15) is 0 Å². The van der Waals surface area contributed by atoms with Gasteiger partial charge < -0.3 is 20.3 Å². The van der Waals surface area contributed by atoms with E-state index in [0.29, 0.717) is 19.7 Å². The van der Waals surface area contributed by atoms with Crippen molar-refractivity contribution in [1.82, 2.24) is 5.32 Å². The third-order valence-electron chi connectivity index (χ3n) is 2.36. The molecule has 0 amide bonds. The SMILES string of the molecule is COC[C@H]1CNC[C@H](C(=O)O)[C@@H]1O. The Bertz CT molecular complexity index is 183. The smallest absolute Gasteiger partial charge is 0.310 e. The molecule has 5 nitrogen and oxygen atoms in total. The quantitative estimate of drug-likeness (QED) is 0.526. The number of hydrogen-bond donors (Lipinski definition) is 3. The molecule has 0 aromatic rings. The highest BCUT2D eigenvalue weighted by atomic mass is 16.5. The number of aliphatic hydroxyl groups excluding tert-OH is 1. The first-order chi connectivity index (χ1) is 6.16. The van der Waals surface area contributed by atoms with Gasteiger partial charge in [-0.15, -0.1) is 0 Å². The fourth-order valence-electron chi connectivity index (χ4n) is 1.60. The normalized spacial score (nSPS) is 34.5. The molecule has 1 rings (SSSR count). The van der Waals surface area contributed by atoms with Gasteiger partial charge in [-0.2, -0.15) is 0 Å². The molecule has 76 valence electrons. The van der Waals surface area contributed by atoms with Crippen LogP contribution in [0.4, 0.5) is 0 Å². The Morgan fingerprint density at radius 2 is 2.31 bits per heavy atom. The lowest BCUT2D eigenvalue weighted by Crippen LogP contribution is -2.51. The number of carboxylic acids is 1. The molecule has 0 aliphatic carbocycles. The van der Waals surface area contributed by atoms with Crippen LogP contribution >= 0.6 is 0 Å². The van der Waals surface area contributed by atoms with Crippen LogP contribution in [0.3, 0.4) is 0 Å². The summed E-state index contributed by atoms with van der Waals surface area (Å²) >= 11 is 0. The number of carbonyl (C=O) groups is 1. The fourth-order valence-corrected chi connectivity index (χ4v) is 1.60. The van der Waals surface area contributed by atoms with Crippen molar-refractivity contribution in [3.05, 3.63) is 0 Å². The Hall–Kier alpha value is -0.650. The summed E-state index contributed by atoms with van der Waals surface area (Å²) in [5.74, 6) is -1.80. The number of methoxy groups -OCH3 is 1. The Labute approximate surface area is 76.7 Å². The summed E-state index contributed by atoms with van der Waals surface area (Å²) in [6.07, 6.45) is -0.807. The van der Waals surface area contributed by atoms with Crippen LogP contribution in [-0.2, 0) is 9.53 Å². The van der Waals surface area contributed by atoms with Gasteiger partial charge in [-0.1, -0.05) is 0 Å². The van der Waals surface area contributed by atoms with Crippen molar-refractivity contribution in [2.45, 2.75) is 6.10 Å². The summed E-state index contributed by atoms with van der Waals surface area (Å²) < 4.78 is 4.89. The monoisotopic (exact) mass is 189 g/mol. The maximum absolute atomic E-state index is 10.7. The molecule has 0 aromatic carbocycles. The molecule has 0 unspecified atom stereocenters. The molecule has 13 heavy (non-hydrogen) atoms. The van der Waals surface area contributed by atoms with Crippen LogP contribution in [0.5, 0.6) is 0 Å². The molecule has 5 heteroatoms. The molecule has 1 fully saturated rings. The lowest BCUT2D eigenvalue weighted by atomic mass is 9.88. The zero-order valence-electron chi connectivity index (χ0n) is 7.56. The van der Waals surface area contributed by atoms with Crippen LogP contribution in [0.15, 0.2) is 0 Å². The first-order valence-corrected chi connectivity index (χ1v) is 4.27. The predicted molar refractivity (Wildman–Crippen MR) is 45.4 cm³/mol. The van der Waals surface area contributed by atoms with Crippen molar-refractivity contribution < 1.29 is 19.7 Å². The molecule has 0 radical (unpaired) electrons. The first kappa shape index (κ1) is 10.4. The van der Waals surface area contributed by atoms with Crippen molar-refractivity contribution in [3.63, 3.8) is 0 Å². The zero-order chi connectivity index (χ0) is 9.84. The van der Waals surface area contributed by atoms with Crippen LogP contribution in [0.2, 0.25) is 0 Å². The minimum absolute atomic E-state index is 0.125. The van der Waals surface area contributed by atoms with E-state index < -0.39 is 18.0 Å². The van der Waals surface area contributed by atoms with Gasteiger partial charge in [-0.3, -0.25) is 4.79 Å². The summed E-state index contributed by atoms with van der Waals surface area (Å²) in [5.41, 5.74) is 0. The lowest BCUT2D eigenvalue weighted by molar-refractivity contribution is -0.149. The zero-order valence-corrected chi connectivity index (χ0v) is 7.56. The Balaban J connectivity index is 2.54. The van der Waals surface area contributed by atoms with Crippen LogP contribution in [0.1, 0.15) is 0 Å². The van der Waals surface area contributed by atoms with E-state index in [0.717, 1.165) is 0 Å². The number of nitrogens with one attached hydrogen (secondary N) is 1. The summed E-state index contributed by atoms with van der Waals surface area (Å²) in [6, 6.07) is 0. The van der Waals surface area contributed by atoms with Gasteiger partial charge in [0.2, 0.25) is 0 Å². The molecule has 1 heterocycles. The van der Waals surface area contributed by atoms with Crippen molar-refractivity contribution in [2.24, 2.45) is 11.8 Å². The highest BCUT2D eigenvalue weighted by molar-refractivity contribution is 5.71. The van der Waals surface area contributed by atoms with Gasteiger partial charge in [0, 0.05) is 26.1 Å². The van der Waals surface area contributed by atoms with Crippen LogP contribution in [0, 0.1) is 11.8 Å². The maximum atomic E-state index is 10.7. The second-order valence-corrected chi connectivity index (χ2v) is 3.31. The molecule has 1 aliphatic heterocycles. The Kier molecular flexibility index (Phi) is 3.65. The number of hydrogen-bond acceptors (Lipinski definition) is 4. The van der Waals surface area contributed by atoms with E-state index >= 15 is 0 Å². The lowest BCUT2D eigenvalue weighted by Gasteiger charge is -2.32. The van der Waals surface area contributed by atoms with Crippen molar-refractivity contribution in [1.29, 1.82) is 0 Å². The highest BCUT2D eigenvalue weighted by Gasteiger charge is 2.35. The average molecular weight is 189 g/mol. The van der Waals surface area contributed by atoms with E-state index in [1.807, 2.05) is 0 Å². The molecular formula is C8H15NO4. The molecule has 0 aromatic heterocycles. The van der Waals surface area contributed by atoms with Gasteiger partial charge in [-0.25, -0.2) is 0 Å². The molecular weight excluding hydrogens is 174 g/mol. The standard InChI is InChI=1S/C8H15NO4/c1-13-4-5-2-9-3-6(7(5)10)8(11)12/h5-7,9-10H,2-4H2,1H3,(H,11,12)/t5-,6+,7-/m1/s1. The van der Waals surface area contributed by atoms with Gasteiger partial charge in [-0.05, 0) is 0 Å². The average Bonchev–Trinajstić information content (AvgIpc) is 2.08. The van der Waals surface area contributed by atoms with E-state index in [9.17, 15) is 9.90 Å². The van der Waals surface area contributed by atoms with Crippen LogP contribution in [-0.4, -0.2) is 49.1 Å². The maximum Gasteiger partial charge on any atom is 0.310 e. The molecule has 3 N–H and O–H groups in total. The van der Waals surface area contributed by atoms with Crippen molar-refractivity contribution in [3.8, 4) is 0 Å². The molecule has 0 bridgehead atoms. The number of aliphatic carboxylic acids is 1. The van der Waals surface area contributed by atoms with Crippen molar-refractivity contribution in [2.75, 3.05) is 26.8 Å². The second-order valence-electron chi connectivity index (χ2n) is 3.31. The van der Waals surface area contributed by atoms with E-state index in [4.69, 9.17) is 9.84 Å². The van der Waals surface area contributed by atoms with Gasteiger partial charge in [0.25, 0.3) is 0 Å². The molecule has 1 aliphatic rings. The van der Waals surface area contributed by atoms with Gasteiger partial charge in [0.05, 0.1) is 18.6 Å². The Morgan fingerprint density at radius 3 is 2.85 bits per heavy atom. The molecule has 1 saturated heterocycles. The third-order valence-corrected chi connectivity index (χ3v) is 2.36. The van der Waals surface area contributed by atoms with Crippen LogP contribution < -0.4 is 5.32 Å². The summed E-state index contributed by atoms with van der Waals surface area (Å²) in [7, 11) is 1.54. The van der Waals surface area contributed by atoms with Gasteiger partial charge >= 0.3 is 5.97 Å². The van der Waals surface area contributed by atoms with Gasteiger partial charge in [0.15, 0.2) is 0 Å².